The SMILES string of the molecule is CC1CCC(CN[C@H](C)c2ccc(Cl)cc2)CC1. The lowest BCUT2D eigenvalue weighted by Crippen LogP contribution is -2.28. The molecule has 0 heterocycles. The van der Waals surface area contributed by atoms with Crippen LogP contribution < -0.4 is 5.32 Å². The first-order valence-electron chi connectivity index (χ1n) is 7.14. The molecule has 1 atom stereocenters. The number of rotatable bonds is 4. The van der Waals surface area contributed by atoms with E-state index in [1.54, 1.807) is 0 Å². The molecule has 100 valence electrons. The maximum absolute atomic E-state index is 5.91. The molecule has 0 aliphatic heterocycles. The zero-order valence-corrected chi connectivity index (χ0v) is 12.2. The minimum Gasteiger partial charge on any atom is -0.310 e. The van der Waals surface area contributed by atoms with Crippen LogP contribution in [0.2, 0.25) is 5.02 Å². The summed E-state index contributed by atoms with van der Waals surface area (Å²) >= 11 is 5.91. The average molecular weight is 266 g/mol. The normalized spacial score (nSPS) is 25.9. The predicted molar refractivity (Wildman–Crippen MR) is 79.0 cm³/mol. The Bertz CT molecular complexity index is 352. The highest BCUT2D eigenvalue weighted by Gasteiger charge is 2.18. The van der Waals surface area contributed by atoms with E-state index in [2.05, 4.69) is 31.3 Å². The van der Waals surface area contributed by atoms with Gasteiger partial charge in [0.25, 0.3) is 0 Å². The van der Waals surface area contributed by atoms with Crippen molar-refractivity contribution in [3.63, 3.8) is 0 Å². The summed E-state index contributed by atoms with van der Waals surface area (Å²) in [7, 11) is 0. The molecule has 2 heteroatoms. The summed E-state index contributed by atoms with van der Waals surface area (Å²) in [5, 5.41) is 4.47. The van der Waals surface area contributed by atoms with Gasteiger partial charge in [0.05, 0.1) is 0 Å². The van der Waals surface area contributed by atoms with Gasteiger partial charge in [-0.25, -0.2) is 0 Å². The fourth-order valence-corrected chi connectivity index (χ4v) is 2.87. The van der Waals surface area contributed by atoms with E-state index in [4.69, 9.17) is 11.6 Å². The van der Waals surface area contributed by atoms with Gasteiger partial charge in [-0.1, -0.05) is 43.5 Å². The van der Waals surface area contributed by atoms with Gasteiger partial charge in [0.15, 0.2) is 0 Å². The van der Waals surface area contributed by atoms with E-state index in [9.17, 15) is 0 Å². The van der Waals surface area contributed by atoms with Crippen LogP contribution in [0.1, 0.15) is 51.1 Å². The topological polar surface area (TPSA) is 12.0 Å². The smallest absolute Gasteiger partial charge is 0.0406 e. The summed E-state index contributed by atoms with van der Waals surface area (Å²) in [5.74, 6) is 1.81. The van der Waals surface area contributed by atoms with Crippen LogP contribution in [0.15, 0.2) is 24.3 Å². The molecule has 2 rings (SSSR count). The summed E-state index contributed by atoms with van der Waals surface area (Å²) in [6, 6.07) is 8.59. The van der Waals surface area contributed by atoms with Crippen molar-refractivity contribution in [1.29, 1.82) is 0 Å². The van der Waals surface area contributed by atoms with Crippen molar-refractivity contribution in [3.05, 3.63) is 34.9 Å². The van der Waals surface area contributed by atoms with Gasteiger partial charge in [0.2, 0.25) is 0 Å². The number of hydrogen-bond acceptors (Lipinski definition) is 1. The van der Waals surface area contributed by atoms with E-state index in [1.165, 1.54) is 31.2 Å². The van der Waals surface area contributed by atoms with Crippen molar-refractivity contribution < 1.29 is 0 Å². The minimum absolute atomic E-state index is 0.418. The molecule has 1 aromatic carbocycles. The first-order chi connectivity index (χ1) is 8.65. The van der Waals surface area contributed by atoms with E-state index in [-0.39, 0.29) is 0 Å². The molecule has 1 fully saturated rings. The van der Waals surface area contributed by atoms with Crippen molar-refractivity contribution in [2.75, 3.05) is 6.54 Å². The molecule has 0 saturated heterocycles. The Morgan fingerprint density at radius 1 is 1.17 bits per heavy atom. The number of benzene rings is 1. The molecule has 1 saturated carbocycles. The Balaban J connectivity index is 1.77. The minimum atomic E-state index is 0.418. The highest BCUT2D eigenvalue weighted by molar-refractivity contribution is 6.30. The molecule has 0 bridgehead atoms. The highest BCUT2D eigenvalue weighted by atomic mass is 35.5. The predicted octanol–water partition coefficient (Wildman–Crippen LogP) is 4.82. The molecule has 0 amide bonds. The van der Waals surface area contributed by atoms with Crippen molar-refractivity contribution in [2.24, 2.45) is 11.8 Å². The molecule has 1 N–H and O–H groups in total. The first kappa shape index (κ1) is 13.9. The van der Waals surface area contributed by atoms with Crippen LogP contribution in [0.4, 0.5) is 0 Å². The van der Waals surface area contributed by atoms with Crippen LogP contribution in [0.5, 0.6) is 0 Å². The number of nitrogens with one attached hydrogen (secondary N) is 1. The Morgan fingerprint density at radius 3 is 2.39 bits per heavy atom. The molecule has 0 aromatic heterocycles. The van der Waals surface area contributed by atoms with Crippen LogP contribution in [0.25, 0.3) is 0 Å². The third kappa shape index (κ3) is 4.00. The molecule has 0 radical (unpaired) electrons. The summed E-state index contributed by atoms with van der Waals surface area (Å²) in [5.41, 5.74) is 1.32. The second-order valence-corrected chi connectivity index (χ2v) is 6.24. The Hall–Kier alpha value is -0.530. The molecular weight excluding hydrogens is 242 g/mol. The van der Waals surface area contributed by atoms with Gasteiger partial charge in [0, 0.05) is 11.1 Å². The Labute approximate surface area is 116 Å². The maximum Gasteiger partial charge on any atom is 0.0406 e. The molecule has 0 unspecified atom stereocenters. The van der Waals surface area contributed by atoms with Crippen LogP contribution in [-0.4, -0.2) is 6.54 Å². The van der Waals surface area contributed by atoms with Gasteiger partial charge in [-0.05, 0) is 55.8 Å². The van der Waals surface area contributed by atoms with Crippen molar-refractivity contribution >= 4 is 11.6 Å². The lowest BCUT2D eigenvalue weighted by Gasteiger charge is -2.27. The van der Waals surface area contributed by atoms with Crippen LogP contribution in [0.3, 0.4) is 0 Å². The van der Waals surface area contributed by atoms with E-state index < -0.39 is 0 Å². The second kappa shape index (κ2) is 6.58. The summed E-state index contributed by atoms with van der Waals surface area (Å²) in [4.78, 5) is 0. The number of halogens is 1. The van der Waals surface area contributed by atoms with Crippen LogP contribution in [0, 0.1) is 11.8 Å². The van der Waals surface area contributed by atoms with Crippen molar-refractivity contribution in [1.82, 2.24) is 5.32 Å². The lowest BCUT2D eigenvalue weighted by molar-refractivity contribution is 0.276. The third-order valence-electron chi connectivity index (χ3n) is 4.22. The lowest BCUT2D eigenvalue weighted by atomic mass is 9.83. The maximum atomic E-state index is 5.91. The fraction of sp³-hybridized carbons (Fsp3) is 0.625. The zero-order valence-electron chi connectivity index (χ0n) is 11.5. The molecule has 1 aliphatic rings. The van der Waals surface area contributed by atoms with E-state index in [0.29, 0.717) is 6.04 Å². The summed E-state index contributed by atoms with van der Waals surface area (Å²) in [6.07, 6.45) is 5.59. The zero-order chi connectivity index (χ0) is 13.0. The molecular formula is C16H24ClN. The molecule has 1 aromatic rings. The first-order valence-corrected chi connectivity index (χ1v) is 7.52. The average Bonchev–Trinajstić information content (AvgIpc) is 2.38. The van der Waals surface area contributed by atoms with Gasteiger partial charge >= 0.3 is 0 Å². The van der Waals surface area contributed by atoms with E-state index in [1.807, 2.05) is 12.1 Å². The van der Waals surface area contributed by atoms with Gasteiger partial charge in [-0.3, -0.25) is 0 Å². The van der Waals surface area contributed by atoms with Crippen molar-refractivity contribution in [3.8, 4) is 0 Å². The van der Waals surface area contributed by atoms with Crippen LogP contribution in [-0.2, 0) is 0 Å². The number of hydrogen-bond donors (Lipinski definition) is 1. The van der Waals surface area contributed by atoms with Crippen molar-refractivity contribution in [2.45, 2.75) is 45.6 Å². The van der Waals surface area contributed by atoms with Gasteiger partial charge in [-0.15, -0.1) is 0 Å². The van der Waals surface area contributed by atoms with E-state index >= 15 is 0 Å². The van der Waals surface area contributed by atoms with Crippen LogP contribution >= 0.6 is 11.6 Å². The fourth-order valence-electron chi connectivity index (χ4n) is 2.75. The standard InChI is InChI=1S/C16H24ClN/c1-12-3-5-14(6-4-12)11-18-13(2)15-7-9-16(17)10-8-15/h7-10,12-14,18H,3-6,11H2,1-2H3/t12?,13-,14?/m1/s1. The third-order valence-corrected chi connectivity index (χ3v) is 4.47. The Morgan fingerprint density at radius 2 is 1.78 bits per heavy atom. The monoisotopic (exact) mass is 265 g/mol. The quantitative estimate of drug-likeness (QED) is 0.823. The highest BCUT2D eigenvalue weighted by Crippen LogP contribution is 2.28. The summed E-state index contributed by atoms with van der Waals surface area (Å²) < 4.78 is 0. The van der Waals surface area contributed by atoms with Gasteiger partial charge in [0.1, 0.15) is 0 Å². The summed E-state index contributed by atoms with van der Waals surface area (Å²) in [6.45, 7) is 5.76. The van der Waals surface area contributed by atoms with Gasteiger partial charge in [-0.2, -0.15) is 0 Å². The molecule has 18 heavy (non-hydrogen) atoms. The molecule has 0 spiro atoms. The van der Waals surface area contributed by atoms with Gasteiger partial charge < -0.3 is 5.32 Å². The molecule has 1 aliphatic carbocycles. The molecule has 1 nitrogen and oxygen atoms in total. The second-order valence-electron chi connectivity index (χ2n) is 5.81. The largest absolute Gasteiger partial charge is 0.310 e. The Kier molecular flexibility index (Phi) is 5.08. The van der Waals surface area contributed by atoms with E-state index in [0.717, 1.165) is 23.4 Å².